The molecule has 2 rings (SSSR count). The number of carbonyl (C=O) groups excluding carboxylic acids is 1. The highest BCUT2D eigenvalue weighted by atomic mass is 19.4. The van der Waals surface area contributed by atoms with Crippen molar-refractivity contribution in [2.24, 2.45) is 17.3 Å². The number of likely N-dealkylation sites (tertiary alicyclic amines) is 1. The molecule has 1 aliphatic heterocycles. The van der Waals surface area contributed by atoms with Crippen LogP contribution in [0, 0.1) is 17.3 Å². The Balaban J connectivity index is 1.96. The minimum Gasteiger partial charge on any atom is -0.341 e. The number of nitrogens with zero attached hydrogens (tertiary/aromatic N) is 1. The average Bonchev–Trinajstić information content (AvgIpc) is 2.76. The summed E-state index contributed by atoms with van der Waals surface area (Å²) in [6.07, 6.45) is -4.43. The number of amides is 1. The minimum atomic E-state index is -4.37. The Hall–Kier alpha value is -0.740. The summed E-state index contributed by atoms with van der Waals surface area (Å²) in [5.41, 5.74) is -2.02. The summed E-state index contributed by atoms with van der Waals surface area (Å²) >= 11 is 0. The molecule has 0 atom stereocenters. The van der Waals surface area contributed by atoms with Gasteiger partial charge in [0.05, 0.1) is 0 Å². The Morgan fingerprint density at radius 1 is 1.31 bits per heavy atom. The predicted octanol–water partition coefficient (Wildman–Crippen LogP) is 2.44. The van der Waals surface area contributed by atoms with E-state index in [1.807, 2.05) is 13.8 Å². The Bertz CT molecular complexity index is 301. The molecule has 0 N–H and O–H groups in total. The molecule has 1 aliphatic carbocycles. The Kier molecular flexibility index (Phi) is 2.48. The Morgan fingerprint density at radius 2 is 1.81 bits per heavy atom. The van der Waals surface area contributed by atoms with Crippen molar-refractivity contribution in [1.82, 2.24) is 4.90 Å². The maximum absolute atomic E-state index is 12.7. The van der Waals surface area contributed by atoms with Crippen LogP contribution in [0.15, 0.2) is 0 Å². The molecule has 2 fully saturated rings. The van der Waals surface area contributed by atoms with Crippen molar-refractivity contribution in [3.63, 3.8) is 0 Å². The molecule has 1 heterocycles. The normalized spacial score (nSPS) is 24.5. The van der Waals surface area contributed by atoms with Crippen LogP contribution < -0.4 is 0 Å². The zero-order valence-corrected chi connectivity index (χ0v) is 9.47. The minimum absolute atomic E-state index is 0.0296. The van der Waals surface area contributed by atoms with Crippen LogP contribution in [0.3, 0.4) is 0 Å². The molecule has 2 nitrogen and oxygen atoms in total. The van der Waals surface area contributed by atoms with Gasteiger partial charge in [0.15, 0.2) is 0 Å². The molecule has 2 aliphatic rings. The molecule has 0 aromatic heterocycles. The van der Waals surface area contributed by atoms with Crippen LogP contribution in [-0.2, 0) is 4.79 Å². The summed E-state index contributed by atoms with van der Waals surface area (Å²) in [6, 6.07) is 0. The first kappa shape index (κ1) is 11.7. The van der Waals surface area contributed by atoms with Crippen molar-refractivity contribution >= 4 is 5.91 Å². The second-order valence-electron chi connectivity index (χ2n) is 5.29. The zero-order chi connectivity index (χ0) is 12.1. The third-order valence-corrected chi connectivity index (χ3v) is 3.84. The first-order chi connectivity index (χ1) is 7.28. The van der Waals surface area contributed by atoms with Crippen molar-refractivity contribution in [1.29, 1.82) is 0 Å². The maximum atomic E-state index is 12.7. The van der Waals surface area contributed by atoms with Gasteiger partial charge in [0.2, 0.25) is 5.91 Å². The van der Waals surface area contributed by atoms with Gasteiger partial charge in [0, 0.05) is 13.1 Å². The van der Waals surface area contributed by atoms with Crippen LogP contribution in [0.4, 0.5) is 13.2 Å². The molecule has 1 amide bonds. The fourth-order valence-corrected chi connectivity index (χ4v) is 2.15. The van der Waals surface area contributed by atoms with Crippen molar-refractivity contribution in [3.8, 4) is 0 Å². The molecule has 1 saturated heterocycles. The highest BCUT2D eigenvalue weighted by Crippen LogP contribution is 2.59. The van der Waals surface area contributed by atoms with E-state index >= 15 is 0 Å². The van der Waals surface area contributed by atoms with Crippen LogP contribution in [0.25, 0.3) is 0 Å². The van der Waals surface area contributed by atoms with E-state index in [0.29, 0.717) is 24.9 Å². The number of hydrogen-bond donors (Lipinski definition) is 0. The van der Waals surface area contributed by atoms with Gasteiger partial charge in [-0.25, -0.2) is 0 Å². The fourth-order valence-electron chi connectivity index (χ4n) is 2.15. The molecule has 92 valence electrons. The summed E-state index contributed by atoms with van der Waals surface area (Å²) in [4.78, 5) is 13.1. The summed E-state index contributed by atoms with van der Waals surface area (Å²) < 4.78 is 38.0. The molecule has 0 unspecified atom stereocenters. The van der Waals surface area contributed by atoms with Gasteiger partial charge in [-0.05, 0) is 24.7 Å². The summed E-state index contributed by atoms with van der Waals surface area (Å²) in [7, 11) is 0. The molecule has 16 heavy (non-hydrogen) atoms. The van der Waals surface area contributed by atoms with Gasteiger partial charge in [-0.3, -0.25) is 4.79 Å². The van der Waals surface area contributed by atoms with Gasteiger partial charge >= 0.3 is 6.18 Å². The van der Waals surface area contributed by atoms with Gasteiger partial charge in [0.25, 0.3) is 0 Å². The van der Waals surface area contributed by atoms with E-state index in [4.69, 9.17) is 0 Å². The monoisotopic (exact) mass is 235 g/mol. The highest BCUT2D eigenvalue weighted by Gasteiger charge is 2.69. The molecule has 0 aromatic rings. The van der Waals surface area contributed by atoms with Crippen LogP contribution in [0.2, 0.25) is 0 Å². The third kappa shape index (κ3) is 1.60. The van der Waals surface area contributed by atoms with E-state index in [9.17, 15) is 18.0 Å². The topological polar surface area (TPSA) is 20.3 Å². The quantitative estimate of drug-likeness (QED) is 0.720. The lowest BCUT2D eigenvalue weighted by atomic mass is 9.87. The number of halogens is 3. The van der Waals surface area contributed by atoms with Crippen LogP contribution in [-0.4, -0.2) is 30.1 Å². The third-order valence-electron chi connectivity index (χ3n) is 3.84. The van der Waals surface area contributed by atoms with Crippen molar-refractivity contribution in [2.75, 3.05) is 13.1 Å². The summed E-state index contributed by atoms with van der Waals surface area (Å²) in [5, 5.41) is 0. The predicted molar refractivity (Wildman–Crippen MR) is 52.6 cm³/mol. The maximum Gasteiger partial charge on any atom is 0.403 e. The van der Waals surface area contributed by atoms with Gasteiger partial charge in [-0.1, -0.05) is 13.8 Å². The first-order valence-corrected chi connectivity index (χ1v) is 5.64. The van der Waals surface area contributed by atoms with Gasteiger partial charge in [-0.2, -0.15) is 13.2 Å². The second kappa shape index (κ2) is 3.37. The van der Waals surface area contributed by atoms with E-state index in [2.05, 4.69) is 0 Å². The average molecular weight is 235 g/mol. The van der Waals surface area contributed by atoms with Crippen molar-refractivity contribution < 1.29 is 18.0 Å². The lowest BCUT2D eigenvalue weighted by molar-refractivity contribution is -0.202. The van der Waals surface area contributed by atoms with Crippen LogP contribution in [0.1, 0.15) is 26.7 Å². The van der Waals surface area contributed by atoms with Gasteiger partial charge in [0.1, 0.15) is 5.41 Å². The molecular formula is C11H16F3NO. The number of alkyl halides is 3. The fraction of sp³-hybridized carbons (Fsp3) is 0.909. The molecule has 0 spiro atoms. The molecule has 0 radical (unpaired) electrons. The van der Waals surface area contributed by atoms with E-state index < -0.39 is 17.5 Å². The molecule has 5 heteroatoms. The molecule has 1 saturated carbocycles. The Morgan fingerprint density at radius 3 is 2.12 bits per heavy atom. The van der Waals surface area contributed by atoms with Gasteiger partial charge in [-0.15, -0.1) is 0 Å². The van der Waals surface area contributed by atoms with E-state index in [1.54, 1.807) is 0 Å². The Labute approximate surface area is 92.8 Å². The molecule has 0 bridgehead atoms. The van der Waals surface area contributed by atoms with Crippen molar-refractivity contribution in [2.45, 2.75) is 32.9 Å². The van der Waals surface area contributed by atoms with E-state index in [1.165, 1.54) is 4.90 Å². The smallest absolute Gasteiger partial charge is 0.341 e. The summed E-state index contributed by atoms with van der Waals surface area (Å²) in [5.74, 6) is 0.106. The van der Waals surface area contributed by atoms with Gasteiger partial charge < -0.3 is 4.90 Å². The number of rotatable bonds is 2. The summed E-state index contributed by atoms with van der Waals surface area (Å²) in [6.45, 7) is 5.05. The molecule has 0 aromatic carbocycles. The SMILES string of the molecule is CC(C)C1CN(C(=O)C2(C(F)(F)F)CC2)C1. The first-order valence-electron chi connectivity index (χ1n) is 5.64. The largest absolute Gasteiger partial charge is 0.403 e. The lowest BCUT2D eigenvalue weighted by Gasteiger charge is -2.43. The van der Waals surface area contributed by atoms with E-state index in [-0.39, 0.29) is 12.8 Å². The van der Waals surface area contributed by atoms with E-state index in [0.717, 1.165) is 0 Å². The molecular weight excluding hydrogens is 219 g/mol. The number of carbonyl (C=O) groups is 1. The lowest BCUT2D eigenvalue weighted by Crippen LogP contribution is -2.56. The standard InChI is InChI=1S/C11H16F3NO/c1-7(2)8-5-15(6-8)9(16)10(3-4-10)11(12,13)14/h7-8H,3-6H2,1-2H3. The van der Waals surface area contributed by atoms with Crippen molar-refractivity contribution in [3.05, 3.63) is 0 Å². The number of hydrogen-bond acceptors (Lipinski definition) is 1. The highest BCUT2D eigenvalue weighted by molar-refractivity contribution is 5.87. The van der Waals surface area contributed by atoms with Crippen LogP contribution in [0.5, 0.6) is 0 Å². The second-order valence-corrected chi connectivity index (χ2v) is 5.29. The van der Waals surface area contributed by atoms with Crippen LogP contribution >= 0.6 is 0 Å². The zero-order valence-electron chi connectivity index (χ0n) is 9.47.